The normalized spacial score (nSPS) is 10.7. The summed E-state index contributed by atoms with van der Waals surface area (Å²) in [4.78, 5) is 28.9. The van der Waals surface area contributed by atoms with Crippen molar-refractivity contribution >= 4 is 11.7 Å². The molecule has 10 nitrogen and oxygen atoms in total. The van der Waals surface area contributed by atoms with Gasteiger partial charge in [-0.3, -0.25) is 14.3 Å². The van der Waals surface area contributed by atoms with Crippen molar-refractivity contribution in [3.8, 4) is 17.1 Å². The van der Waals surface area contributed by atoms with Crippen LogP contribution in [0.2, 0.25) is 0 Å². The van der Waals surface area contributed by atoms with E-state index in [1.807, 2.05) is 29.8 Å². The first-order valence-electron chi connectivity index (χ1n) is 8.92. The summed E-state index contributed by atoms with van der Waals surface area (Å²) in [6.07, 6.45) is 8.33. The number of pyridine rings is 1. The van der Waals surface area contributed by atoms with Gasteiger partial charge in [-0.05, 0) is 19.1 Å². The summed E-state index contributed by atoms with van der Waals surface area (Å²) in [5, 5.41) is 9.75. The Labute approximate surface area is 166 Å². The van der Waals surface area contributed by atoms with Crippen molar-refractivity contribution in [2.45, 2.75) is 6.92 Å². The smallest absolute Gasteiger partial charge is 0.273 e. The molecular weight excluding hydrogens is 372 g/mol. The van der Waals surface area contributed by atoms with Crippen LogP contribution in [0, 0.1) is 6.92 Å². The number of rotatable bonds is 7. The van der Waals surface area contributed by atoms with Gasteiger partial charge in [0.05, 0.1) is 0 Å². The van der Waals surface area contributed by atoms with Gasteiger partial charge in [0.2, 0.25) is 0 Å². The second-order valence-electron chi connectivity index (χ2n) is 6.11. The van der Waals surface area contributed by atoms with Gasteiger partial charge in [-0.25, -0.2) is 15.0 Å². The number of amides is 1. The van der Waals surface area contributed by atoms with Crippen LogP contribution >= 0.6 is 0 Å². The van der Waals surface area contributed by atoms with Gasteiger partial charge in [-0.15, -0.1) is 0 Å². The minimum atomic E-state index is -0.317. The van der Waals surface area contributed by atoms with Gasteiger partial charge in [-0.2, -0.15) is 0 Å². The Morgan fingerprint density at radius 1 is 1.17 bits per heavy atom. The van der Waals surface area contributed by atoms with Gasteiger partial charge in [-0.1, -0.05) is 5.16 Å². The molecule has 0 saturated carbocycles. The molecule has 2 N–H and O–H groups in total. The zero-order valence-electron chi connectivity index (χ0n) is 15.6. The van der Waals surface area contributed by atoms with Crippen LogP contribution < -0.4 is 10.6 Å². The highest BCUT2D eigenvalue weighted by Gasteiger charge is 2.13. The van der Waals surface area contributed by atoms with Crippen LogP contribution in [0.5, 0.6) is 0 Å². The lowest BCUT2D eigenvalue weighted by Crippen LogP contribution is -2.29. The Morgan fingerprint density at radius 3 is 2.90 bits per heavy atom. The molecule has 0 aliphatic heterocycles. The van der Waals surface area contributed by atoms with Crippen LogP contribution in [0.4, 0.5) is 5.82 Å². The number of aryl methyl sites for hydroxylation is 1. The summed E-state index contributed by atoms with van der Waals surface area (Å²) in [7, 11) is 0. The fourth-order valence-corrected chi connectivity index (χ4v) is 2.68. The molecule has 4 aromatic rings. The summed E-state index contributed by atoms with van der Waals surface area (Å²) in [6, 6.07) is 7.02. The SMILES string of the molecule is Cc1nccn1-c1cc(NCCNC(=O)c2cc(-c3cccnc3)on2)ncn1. The third-order valence-corrected chi connectivity index (χ3v) is 4.13. The molecule has 4 heterocycles. The maximum Gasteiger partial charge on any atom is 0.273 e. The highest BCUT2D eigenvalue weighted by molar-refractivity contribution is 5.93. The number of carbonyl (C=O) groups is 1. The van der Waals surface area contributed by atoms with Crippen molar-refractivity contribution in [2.24, 2.45) is 0 Å². The van der Waals surface area contributed by atoms with E-state index in [1.165, 1.54) is 6.33 Å². The van der Waals surface area contributed by atoms with E-state index >= 15 is 0 Å². The first-order chi connectivity index (χ1) is 14.2. The molecule has 10 heteroatoms. The summed E-state index contributed by atoms with van der Waals surface area (Å²) < 4.78 is 7.07. The van der Waals surface area contributed by atoms with E-state index < -0.39 is 0 Å². The third kappa shape index (κ3) is 4.26. The zero-order valence-corrected chi connectivity index (χ0v) is 15.6. The minimum absolute atomic E-state index is 0.212. The van der Waals surface area contributed by atoms with Gasteiger partial charge >= 0.3 is 0 Å². The largest absolute Gasteiger partial charge is 0.368 e. The standard InChI is InChI=1S/C19H18N8O2/c1-13-21-7-8-27(13)18-10-17(24-12-25-18)22-5-6-23-19(28)15-9-16(29-26-15)14-3-2-4-20-11-14/h2-4,7-12H,5-6H2,1H3,(H,23,28)(H,22,24,25). The van der Waals surface area contributed by atoms with Gasteiger partial charge in [0.15, 0.2) is 11.5 Å². The maximum atomic E-state index is 12.2. The van der Waals surface area contributed by atoms with E-state index in [2.05, 4.69) is 35.7 Å². The number of aromatic nitrogens is 6. The molecule has 1 amide bonds. The zero-order chi connectivity index (χ0) is 20.1. The molecule has 0 fully saturated rings. The monoisotopic (exact) mass is 390 g/mol. The van der Waals surface area contributed by atoms with Crippen molar-refractivity contribution in [2.75, 3.05) is 18.4 Å². The van der Waals surface area contributed by atoms with E-state index in [0.717, 1.165) is 11.4 Å². The molecule has 0 bridgehead atoms. The highest BCUT2D eigenvalue weighted by atomic mass is 16.5. The number of hydrogen-bond donors (Lipinski definition) is 2. The summed E-state index contributed by atoms with van der Waals surface area (Å²) in [5.41, 5.74) is 0.970. The van der Waals surface area contributed by atoms with Crippen molar-refractivity contribution in [3.05, 3.63) is 66.9 Å². The van der Waals surface area contributed by atoms with Crippen molar-refractivity contribution < 1.29 is 9.32 Å². The van der Waals surface area contributed by atoms with E-state index in [0.29, 0.717) is 30.5 Å². The fraction of sp³-hybridized carbons (Fsp3) is 0.158. The second-order valence-corrected chi connectivity index (χ2v) is 6.11. The lowest BCUT2D eigenvalue weighted by Gasteiger charge is -2.08. The average Bonchev–Trinajstić information content (AvgIpc) is 3.41. The lowest BCUT2D eigenvalue weighted by atomic mass is 10.2. The van der Waals surface area contributed by atoms with Crippen LogP contribution in [-0.2, 0) is 0 Å². The predicted molar refractivity (Wildman–Crippen MR) is 104 cm³/mol. The second kappa shape index (κ2) is 8.30. The molecule has 0 saturated heterocycles. The Kier molecular flexibility index (Phi) is 5.23. The van der Waals surface area contributed by atoms with Gasteiger partial charge < -0.3 is 15.2 Å². The summed E-state index contributed by atoms with van der Waals surface area (Å²) >= 11 is 0. The van der Waals surface area contributed by atoms with E-state index in [1.54, 1.807) is 30.7 Å². The number of hydrogen-bond acceptors (Lipinski definition) is 8. The molecule has 0 unspecified atom stereocenters. The van der Waals surface area contributed by atoms with Crippen molar-refractivity contribution in [1.29, 1.82) is 0 Å². The fourth-order valence-electron chi connectivity index (χ4n) is 2.68. The molecular formula is C19H18N8O2. The van der Waals surface area contributed by atoms with Gasteiger partial charge in [0, 0.05) is 55.6 Å². The first-order valence-corrected chi connectivity index (χ1v) is 8.92. The number of nitrogens with zero attached hydrogens (tertiary/aromatic N) is 6. The molecule has 0 atom stereocenters. The van der Waals surface area contributed by atoms with E-state index in [-0.39, 0.29) is 11.6 Å². The Bertz CT molecular complexity index is 1110. The molecule has 146 valence electrons. The Hall–Kier alpha value is -4.08. The molecule has 0 aromatic carbocycles. The quantitative estimate of drug-likeness (QED) is 0.458. The molecule has 0 aliphatic rings. The van der Waals surface area contributed by atoms with E-state index in [4.69, 9.17) is 4.52 Å². The number of carbonyl (C=O) groups excluding carboxylic acids is 1. The average molecular weight is 390 g/mol. The van der Waals surface area contributed by atoms with Gasteiger partial charge in [0.1, 0.15) is 23.8 Å². The Morgan fingerprint density at radius 2 is 2.10 bits per heavy atom. The van der Waals surface area contributed by atoms with Crippen molar-refractivity contribution in [1.82, 2.24) is 35.0 Å². The number of anilines is 1. The molecule has 4 rings (SSSR count). The number of nitrogens with one attached hydrogen (secondary N) is 2. The van der Waals surface area contributed by atoms with Crippen LogP contribution in [-0.4, -0.2) is 48.7 Å². The van der Waals surface area contributed by atoms with Crippen LogP contribution in [0.15, 0.2) is 59.9 Å². The molecule has 4 aromatic heterocycles. The van der Waals surface area contributed by atoms with Crippen molar-refractivity contribution in [3.63, 3.8) is 0 Å². The molecule has 0 spiro atoms. The summed E-state index contributed by atoms with van der Waals surface area (Å²) in [6.45, 7) is 2.77. The first kappa shape index (κ1) is 18.3. The summed E-state index contributed by atoms with van der Waals surface area (Å²) in [5.74, 6) is 2.37. The topological polar surface area (TPSA) is 124 Å². The van der Waals surface area contributed by atoms with Gasteiger partial charge in [0.25, 0.3) is 5.91 Å². The number of imidazole rings is 1. The third-order valence-electron chi connectivity index (χ3n) is 4.13. The van der Waals surface area contributed by atoms with E-state index in [9.17, 15) is 4.79 Å². The molecule has 0 radical (unpaired) electrons. The lowest BCUT2D eigenvalue weighted by molar-refractivity contribution is 0.0946. The Balaban J connectivity index is 1.29. The van der Waals surface area contributed by atoms with Crippen LogP contribution in [0.3, 0.4) is 0 Å². The minimum Gasteiger partial charge on any atom is -0.368 e. The van der Waals surface area contributed by atoms with Crippen LogP contribution in [0.1, 0.15) is 16.3 Å². The predicted octanol–water partition coefficient (Wildman–Crippen LogP) is 1.86. The maximum absolute atomic E-state index is 12.2. The molecule has 0 aliphatic carbocycles. The van der Waals surface area contributed by atoms with Crippen LogP contribution in [0.25, 0.3) is 17.1 Å². The highest BCUT2D eigenvalue weighted by Crippen LogP contribution is 2.18. The molecule has 29 heavy (non-hydrogen) atoms.